The van der Waals surface area contributed by atoms with Crippen LogP contribution < -0.4 is 4.90 Å². The number of hydrogen-bond acceptors (Lipinski definition) is 5. The number of halogens is 4. The van der Waals surface area contributed by atoms with Gasteiger partial charge in [0.05, 0.1) is 35.3 Å². The van der Waals surface area contributed by atoms with Gasteiger partial charge in [-0.2, -0.15) is 13.2 Å². The molecule has 2 heterocycles. The molecule has 0 saturated carbocycles. The lowest BCUT2D eigenvalue weighted by atomic mass is 9.98. The Morgan fingerprint density at radius 1 is 1.24 bits per heavy atom. The van der Waals surface area contributed by atoms with E-state index >= 15 is 0 Å². The van der Waals surface area contributed by atoms with Gasteiger partial charge < -0.3 is 14.2 Å². The zero-order valence-corrected chi connectivity index (χ0v) is 20.9. The molecule has 0 spiro atoms. The Balaban J connectivity index is 1.85. The summed E-state index contributed by atoms with van der Waals surface area (Å²) in [5.41, 5.74) is 1.83. The molecular formula is C23H23BrF3N3O2S. The number of anilines is 1. The summed E-state index contributed by atoms with van der Waals surface area (Å²) < 4.78 is 47.6. The van der Waals surface area contributed by atoms with Gasteiger partial charge in [0.1, 0.15) is 5.82 Å². The lowest BCUT2D eigenvalue weighted by Crippen LogP contribution is -2.41. The smallest absolute Gasteiger partial charge is 0.417 e. The van der Waals surface area contributed by atoms with Crippen molar-refractivity contribution in [1.29, 1.82) is 0 Å². The lowest BCUT2D eigenvalue weighted by molar-refractivity contribution is -0.138. The normalized spacial score (nSPS) is 16.4. The van der Waals surface area contributed by atoms with E-state index in [4.69, 9.17) is 9.72 Å². The van der Waals surface area contributed by atoms with Gasteiger partial charge in [-0.1, -0.05) is 29.8 Å². The van der Waals surface area contributed by atoms with Crippen molar-refractivity contribution >= 4 is 50.4 Å². The zero-order valence-electron chi connectivity index (χ0n) is 18.5. The summed E-state index contributed by atoms with van der Waals surface area (Å²) in [5, 5.41) is 0. The minimum atomic E-state index is -4.45. The van der Waals surface area contributed by atoms with Crippen LogP contribution in [0.25, 0.3) is 11.0 Å². The van der Waals surface area contributed by atoms with Gasteiger partial charge in [-0.05, 0) is 42.5 Å². The fourth-order valence-corrected chi connectivity index (χ4v) is 5.48. The minimum Gasteiger partial charge on any atom is -0.465 e. The summed E-state index contributed by atoms with van der Waals surface area (Å²) in [4.78, 5) is 19.9. The van der Waals surface area contributed by atoms with Crippen molar-refractivity contribution in [3.63, 3.8) is 0 Å². The van der Waals surface area contributed by atoms with Crippen LogP contribution in [0, 0.1) is 5.92 Å². The number of rotatable bonds is 4. The van der Waals surface area contributed by atoms with Crippen molar-refractivity contribution in [3.8, 4) is 0 Å². The van der Waals surface area contributed by atoms with Gasteiger partial charge in [-0.25, -0.2) is 9.78 Å². The van der Waals surface area contributed by atoms with Gasteiger partial charge in [0, 0.05) is 28.1 Å². The highest BCUT2D eigenvalue weighted by atomic mass is 79.9. The van der Waals surface area contributed by atoms with Gasteiger partial charge in [0.2, 0.25) is 0 Å². The summed E-state index contributed by atoms with van der Waals surface area (Å²) in [5.74, 6) is 0.430. The second-order valence-corrected chi connectivity index (χ2v) is 9.90. The fourth-order valence-electron chi connectivity index (χ4n) is 4.41. The van der Waals surface area contributed by atoms with Crippen molar-refractivity contribution in [3.05, 3.63) is 51.8 Å². The number of fused-ring (bicyclic) bond motifs is 3. The number of thioether (sulfide) groups is 1. The fraction of sp³-hybridized carbons (Fsp3) is 0.391. The maximum absolute atomic E-state index is 13.5. The Bertz CT molecular complexity index is 1230. The van der Waals surface area contributed by atoms with E-state index in [9.17, 15) is 18.0 Å². The van der Waals surface area contributed by atoms with Crippen molar-refractivity contribution in [2.75, 3.05) is 24.8 Å². The number of carbonyl (C=O) groups is 1. The Morgan fingerprint density at radius 3 is 2.58 bits per heavy atom. The molecule has 0 radical (unpaired) electrons. The van der Waals surface area contributed by atoms with Gasteiger partial charge >= 0.3 is 12.1 Å². The first-order valence-electron chi connectivity index (χ1n) is 10.4. The van der Waals surface area contributed by atoms with Crippen LogP contribution in [0.5, 0.6) is 0 Å². The van der Waals surface area contributed by atoms with Crippen molar-refractivity contribution in [1.82, 2.24) is 9.55 Å². The molecule has 0 amide bonds. The van der Waals surface area contributed by atoms with E-state index < -0.39 is 17.7 Å². The highest BCUT2D eigenvalue weighted by Gasteiger charge is 2.37. The van der Waals surface area contributed by atoms with E-state index in [1.807, 2.05) is 31.1 Å². The average molecular weight is 542 g/mol. The van der Waals surface area contributed by atoms with E-state index in [1.54, 1.807) is 12.1 Å². The summed E-state index contributed by atoms with van der Waals surface area (Å²) in [6.45, 7) is 5.16. The molecule has 0 saturated heterocycles. The predicted octanol–water partition coefficient (Wildman–Crippen LogP) is 6.54. The quantitative estimate of drug-likeness (QED) is 0.277. The standard InChI is InChI=1S/C23H23BrF3N3O2S/c1-12(2)20-21-28-17-10-14(22(31)32-3)19(33-4)11-18(17)30(21)8-7-29(20)13-5-6-16(24)15(9-13)23(25,26)27/h5-6,9-12,20H,7-8H2,1-4H3/t20-/m1/s1. The number of alkyl halides is 3. The molecule has 10 heteroatoms. The summed E-state index contributed by atoms with van der Waals surface area (Å²) in [7, 11) is 1.34. The van der Waals surface area contributed by atoms with Gasteiger partial charge in [0.25, 0.3) is 0 Å². The molecule has 1 aromatic heterocycles. The molecule has 0 unspecified atom stereocenters. The number of aromatic nitrogens is 2. The maximum Gasteiger partial charge on any atom is 0.417 e. The Hall–Kier alpha value is -2.20. The van der Waals surface area contributed by atoms with Gasteiger partial charge in [0.15, 0.2) is 0 Å². The molecule has 3 aromatic rings. The van der Waals surface area contributed by atoms with Crippen molar-refractivity contribution < 1.29 is 22.7 Å². The molecule has 176 valence electrons. The summed E-state index contributed by atoms with van der Waals surface area (Å²) in [6, 6.07) is 7.79. The number of hydrogen-bond donors (Lipinski definition) is 0. The van der Waals surface area contributed by atoms with Crippen LogP contribution in [-0.2, 0) is 17.5 Å². The molecule has 0 bridgehead atoms. The lowest BCUT2D eigenvalue weighted by Gasteiger charge is -2.40. The van der Waals surface area contributed by atoms with Crippen LogP contribution in [0.2, 0.25) is 0 Å². The second kappa shape index (κ2) is 8.87. The van der Waals surface area contributed by atoms with Crippen LogP contribution in [-0.4, -0.2) is 35.4 Å². The first kappa shape index (κ1) is 23.9. The molecule has 1 aliphatic rings. The largest absolute Gasteiger partial charge is 0.465 e. The molecule has 0 N–H and O–H groups in total. The minimum absolute atomic E-state index is 0.0176. The number of ether oxygens (including phenoxy) is 1. The third-order valence-corrected chi connectivity index (χ3v) is 7.36. The third kappa shape index (κ3) is 4.23. The van der Waals surface area contributed by atoms with Crippen LogP contribution in [0.1, 0.15) is 41.6 Å². The maximum atomic E-state index is 13.5. The molecule has 1 atom stereocenters. The third-order valence-electron chi connectivity index (χ3n) is 5.89. The van der Waals surface area contributed by atoms with Crippen LogP contribution in [0.15, 0.2) is 39.7 Å². The molecule has 2 aromatic carbocycles. The number of imidazole rings is 1. The Morgan fingerprint density at radius 2 is 1.97 bits per heavy atom. The van der Waals surface area contributed by atoms with Crippen LogP contribution >= 0.6 is 27.7 Å². The molecule has 33 heavy (non-hydrogen) atoms. The average Bonchev–Trinajstić information content (AvgIpc) is 3.13. The van der Waals surface area contributed by atoms with Gasteiger partial charge in [-0.3, -0.25) is 0 Å². The first-order valence-corrected chi connectivity index (χ1v) is 12.4. The Labute approximate surface area is 202 Å². The molecule has 1 aliphatic heterocycles. The number of benzene rings is 2. The first-order chi connectivity index (χ1) is 15.6. The monoisotopic (exact) mass is 541 g/mol. The topological polar surface area (TPSA) is 47.4 Å². The number of methoxy groups -OCH3 is 1. The second-order valence-electron chi connectivity index (χ2n) is 8.20. The van der Waals surface area contributed by atoms with E-state index in [0.717, 1.165) is 16.2 Å². The molecular weight excluding hydrogens is 519 g/mol. The van der Waals surface area contributed by atoms with E-state index in [2.05, 4.69) is 20.5 Å². The van der Waals surface area contributed by atoms with E-state index in [0.29, 0.717) is 29.9 Å². The highest BCUT2D eigenvalue weighted by Crippen LogP contribution is 2.42. The Kier molecular flexibility index (Phi) is 6.43. The van der Waals surface area contributed by atoms with Gasteiger partial charge in [-0.15, -0.1) is 11.8 Å². The van der Waals surface area contributed by atoms with E-state index in [-0.39, 0.29) is 16.4 Å². The SMILES string of the molecule is COC(=O)c1cc2nc3n(c2cc1SC)CCN(c1ccc(Br)c(C(F)(F)F)c1)[C@@H]3C(C)C. The summed E-state index contributed by atoms with van der Waals surface area (Å²) >= 11 is 4.48. The molecule has 0 fully saturated rings. The zero-order chi connectivity index (χ0) is 24.1. The van der Waals surface area contributed by atoms with Crippen molar-refractivity contribution in [2.24, 2.45) is 5.92 Å². The molecule has 4 rings (SSSR count). The van der Waals surface area contributed by atoms with E-state index in [1.165, 1.54) is 31.0 Å². The van der Waals surface area contributed by atoms with Crippen molar-refractivity contribution in [2.45, 2.75) is 37.5 Å². The van der Waals surface area contributed by atoms with Crippen LogP contribution in [0.4, 0.5) is 18.9 Å². The molecule has 0 aliphatic carbocycles. The predicted molar refractivity (Wildman–Crippen MR) is 127 cm³/mol. The molecule has 5 nitrogen and oxygen atoms in total. The summed E-state index contributed by atoms with van der Waals surface area (Å²) in [6.07, 6.45) is -2.56. The number of esters is 1. The number of nitrogens with zero attached hydrogens (tertiary/aromatic N) is 3. The van der Waals surface area contributed by atoms with Crippen LogP contribution in [0.3, 0.4) is 0 Å². The highest BCUT2D eigenvalue weighted by molar-refractivity contribution is 9.10. The number of carbonyl (C=O) groups excluding carboxylic acids is 1.